The van der Waals surface area contributed by atoms with Gasteiger partial charge in [0.2, 0.25) is 15.9 Å². The SMILES string of the molecule is Cc1ccc(S(=O)(=O)N(CC(=O)N[C@H](C)c2cc(C)c(C)cc2C)Cc2cccc(C)c2)cc1. The van der Waals surface area contributed by atoms with Gasteiger partial charge in [0.05, 0.1) is 17.5 Å². The Labute approximate surface area is 203 Å². The Morgan fingerprint density at radius 1 is 0.853 bits per heavy atom. The summed E-state index contributed by atoms with van der Waals surface area (Å²) in [5.74, 6) is -0.339. The molecule has 0 saturated carbocycles. The van der Waals surface area contributed by atoms with Gasteiger partial charge in [-0.15, -0.1) is 0 Å². The van der Waals surface area contributed by atoms with E-state index in [2.05, 4.69) is 24.4 Å². The number of nitrogens with zero attached hydrogens (tertiary/aromatic N) is 1. The average molecular weight is 479 g/mol. The smallest absolute Gasteiger partial charge is 0.243 e. The number of amides is 1. The lowest BCUT2D eigenvalue weighted by Gasteiger charge is -2.24. The van der Waals surface area contributed by atoms with Gasteiger partial charge in [0.25, 0.3) is 0 Å². The Bertz CT molecular complexity index is 1280. The Hall–Kier alpha value is -2.96. The standard InChI is InChI=1S/C28H34N2O3S/c1-19-10-12-26(13-11-19)34(32,33)30(17-25-9-7-8-20(2)14-25)18-28(31)29-24(6)27-16-22(4)21(3)15-23(27)5/h7-16,24H,17-18H2,1-6H3,(H,29,31)/t24-/m1/s1. The molecule has 0 heterocycles. The summed E-state index contributed by atoms with van der Waals surface area (Å²) in [7, 11) is -3.87. The fourth-order valence-electron chi connectivity index (χ4n) is 4.07. The third kappa shape index (κ3) is 6.13. The van der Waals surface area contributed by atoms with Gasteiger partial charge in [0.1, 0.15) is 0 Å². The highest BCUT2D eigenvalue weighted by Gasteiger charge is 2.27. The first-order valence-electron chi connectivity index (χ1n) is 11.5. The van der Waals surface area contributed by atoms with Crippen LogP contribution in [0, 0.1) is 34.6 Å². The van der Waals surface area contributed by atoms with Crippen molar-refractivity contribution in [2.75, 3.05) is 6.54 Å². The summed E-state index contributed by atoms with van der Waals surface area (Å²) < 4.78 is 28.3. The number of carbonyl (C=O) groups is 1. The topological polar surface area (TPSA) is 66.5 Å². The number of aryl methyl sites for hydroxylation is 5. The summed E-state index contributed by atoms with van der Waals surface area (Å²) in [5, 5.41) is 3.00. The fourth-order valence-corrected chi connectivity index (χ4v) is 5.46. The molecule has 0 aliphatic heterocycles. The van der Waals surface area contributed by atoms with E-state index in [9.17, 15) is 13.2 Å². The van der Waals surface area contributed by atoms with Gasteiger partial charge in [-0.25, -0.2) is 8.42 Å². The molecule has 3 rings (SSSR count). The van der Waals surface area contributed by atoms with Crippen molar-refractivity contribution in [3.05, 3.63) is 99.6 Å². The Morgan fingerprint density at radius 2 is 1.50 bits per heavy atom. The molecule has 3 aromatic rings. The van der Waals surface area contributed by atoms with Gasteiger partial charge in [-0.05, 0) is 81.5 Å². The molecule has 1 N–H and O–H groups in total. The van der Waals surface area contributed by atoms with E-state index in [1.165, 1.54) is 9.87 Å². The first kappa shape index (κ1) is 25.7. The normalized spacial score (nSPS) is 12.6. The van der Waals surface area contributed by atoms with Crippen molar-refractivity contribution in [2.24, 2.45) is 0 Å². The van der Waals surface area contributed by atoms with E-state index in [0.29, 0.717) is 0 Å². The average Bonchev–Trinajstić information content (AvgIpc) is 2.76. The van der Waals surface area contributed by atoms with Crippen molar-refractivity contribution in [1.29, 1.82) is 0 Å². The van der Waals surface area contributed by atoms with Crippen LogP contribution < -0.4 is 5.32 Å². The van der Waals surface area contributed by atoms with Crippen LogP contribution in [0.1, 0.15) is 51.9 Å². The Morgan fingerprint density at radius 3 is 2.15 bits per heavy atom. The number of nitrogens with one attached hydrogen (secondary N) is 1. The molecule has 1 atom stereocenters. The van der Waals surface area contributed by atoms with E-state index in [4.69, 9.17) is 0 Å². The molecule has 1 amide bonds. The van der Waals surface area contributed by atoms with Crippen LogP contribution in [0.15, 0.2) is 65.6 Å². The number of benzene rings is 3. The summed E-state index contributed by atoms with van der Waals surface area (Å²) in [4.78, 5) is 13.2. The van der Waals surface area contributed by atoms with Crippen molar-refractivity contribution in [3.8, 4) is 0 Å². The van der Waals surface area contributed by atoms with Gasteiger partial charge >= 0.3 is 0 Å². The molecule has 180 valence electrons. The van der Waals surface area contributed by atoms with Gasteiger partial charge in [0, 0.05) is 6.54 Å². The van der Waals surface area contributed by atoms with Crippen molar-refractivity contribution in [3.63, 3.8) is 0 Å². The van der Waals surface area contributed by atoms with Crippen LogP contribution in [-0.2, 0) is 21.4 Å². The third-order valence-electron chi connectivity index (χ3n) is 6.15. The number of hydrogen-bond acceptors (Lipinski definition) is 3. The molecule has 0 spiro atoms. The quantitative estimate of drug-likeness (QED) is 0.478. The minimum atomic E-state index is -3.87. The largest absolute Gasteiger partial charge is 0.348 e. The highest BCUT2D eigenvalue weighted by Crippen LogP contribution is 2.23. The van der Waals surface area contributed by atoms with Gasteiger partial charge in [-0.2, -0.15) is 4.31 Å². The van der Waals surface area contributed by atoms with Crippen molar-refractivity contribution >= 4 is 15.9 Å². The zero-order chi connectivity index (χ0) is 25.0. The lowest BCUT2D eigenvalue weighted by molar-refractivity contribution is -0.122. The van der Waals surface area contributed by atoms with Crippen LogP contribution in [0.5, 0.6) is 0 Å². The highest BCUT2D eigenvalue weighted by atomic mass is 32.2. The second-order valence-electron chi connectivity index (χ2n) is 9.16. The first-order valence-corrected chi connectivity index (χ1v) is 12.9. The molecule has 34 heavy (non-hydrogen) atoms. The highest BCUT2D eigenvalue weighted by molar-refractivity contribution is 7.89. The van der Waals surface area contributed by atoms with Crippen molar-refractivity contribution in [1.82, 2.24) is 9.62 Å². The van der Waals surface area contributed by atoms with Crippen LogP contribution in [0.4, 0.5) is 0 Å². The van der Waals surface area contributed by atoms with Crippen molar-refractivity contribution < 1.29 is 13.2 Å². The summed E-state index contributed by atoms with van der Waals surface area (Å²) in [6, 6.07) is 18.3. The van der Waals surface area contributed by atoms with Crippen LogP contribution in [0.3, 0.4) is 0 Å². The zero-order valence-electron chi connectivity index (χ0n) is 20.8. The maximum Gasteiger partial charge on any atom is 0.243 e. The minimum Gasteiger partial charge on any atom is -0.348 e. The second kappa shape index (κ2) is 10.5. The number of hydrogen-bond donors (Lipinski definition) is 1. The summed E-state index contributed by atoms with van der Waals surface area (Å²) in [6.45, 7) is 11.8. The summed E-state index contributed by atoms with van der Waals surface area (Å²) >= 11 is 0. The predicted molar refractivity (Wildman–Crippen MR) is 137 cm³/mol. The van der Waals surface area contributed by atoms with Crippen molar-refractivity contribution in [2.45, 2.75) is 59.0 Å². The van der Waals surface area contributed by atoms with Crippen LogP contribution >= 0.6 is 0 Å². The summed E-state index contributed by atoms with van der Waals surface area (Å²) in [6.07, 6.45) is 0. The maximum atomic E-state index is 13.5. The molecule has 0 aromatic heterocycles. The van der Waals surface area contributed by atoms with Gasteiger partial charge in [-0.1, -0.05) is 59.7 Å². The first-order chi connectivity index (χ1) is 16.0. The zero-order valence-corrected chi connectivity index (χ0v) is 21.7. The lowest BCUT2D eigenvalue weighted by atomic mass is 9.96. The van der Waals surface area contributed by atoms with E-state index in [1.807, 2.05) is 58.9 Å². The third-order valence-corrected chi connectivity index (χ3v) is 7.95. The molecule has 0 fully saturated rings. The van der Waals surface area contributed by atoms with Gasteiger partial charge in [0.15, 0.2) is 0 Å². The molecule has 6 heteroatoms. The van der Waals surface area contributed by atoms with E-state index >= 15 is 0 Å². The molecule has 0 saturated heterocycles. The number of sulfonamides is 1. The summed E-state index contributed by atoms with van der Waals surface area (Å²) in [5.41, 5.74) is 7.33. The fraction of sp³-hybridized carbons (Fsp3) is 0.321. The van der Waals surface area contributed by atoms with Gasteiger partial charge < -0.3 is 5.32 Å². The van der Waals surface area contributed by atoms with Gasteiger partial charge in [-0.3, -0.25) is 4.79 Å². The molecular weight excluding hydrogens is 444 g/mol. The Balaban J connectivity index is 1.86. The monoisotopic (exact) mass is 478 g/mol. The van der Waals surface area contributed by atoms with Crippen LogP contribution in [0.25, 0.3) is 0 Å². The maximum absolute atomic E-state index is 13.5. The number of carbonyl (C=O) groups excluding carboxylic acids is 1. The minimum absolute atomic E-state index is 0.113. The molecule has 0 bridgehead atoms. The van der Waals surface area contributed by atoms with E-state index < -0.39 is 10.0 Å². The lowest BCUT2D eigenvalue weighted by Crippen LogP contribution is -2.41. The molecule has 0 aliphatic carbocycles. The molecule has 5 nitrogen and oxygen atoms in total. The molecular formula is C28H34N2O3S. The predicted octanol–water partition coefficient (Wildman–Crippen LogP) is 5.30. The van der Waals surface area contributed by atoms with E-state index in [-0.39, 0.29) is 29.9 Å². The van der Waals surface area contributed by atoms with Crippen LogP contribution in [-0.4, -0.2) is 25.2 Å². The van der Waals surface area contributed by atoms with Crippen LogP contribution in [0.2, 0.25) is 0 Å². The number of rotatable bonds is 8. The van der Waals surface area contributed by atoms with E-state index in [1.54, 1.807) is 24.3 Å². The van der Waals surface area contributed by atoms with E-state index in [0.717, 1.165) is 33.4 Å². The molecule has 0 radical (unpaired) electrons. The Kier molecular flexibility index (Phi) is 7.95. The second-order valence-corrected chi connectivity index (χ2v) is 11.1. The molecule has 0 aliphatic rings. The molecule has 0 unspecified atom stereocenters. The molecule has 3 aromatic carbocycles.